The third kappa shape index (κ3) is 7.01. The van der Waals surface area contributed by atoms with Gasteiger partial charge in [0.05, 0.1) is 6.33 Å². The molecular weight excluding hydrogens is 324 g/mol. The van der Waals surface area contributed by atoms with Crippen molar-refractivity contribution in [2.24, 2.45) is 0 Å². The Morgan fingerprint density at radius 2 is 1.91 bits per heavy atom. The third-order valence-electron chi connectivity index (χ3n) is 4.02. The highest BCUT2D eigenvalue weighted by Crippen LogP contribution is 2.34. The standard InChI is InChI=1S/C19H27ClN2S/c1-2-3-4-5-6-15-23-19(11-13-22-14-12-21-16-22)17-7-9-18(20)10-8-17/h7-10,12,14,16,19H,2-6,11,13,15H2,1H3. The Hall–Kier alpha value is -0.930. The lowest BCUT2D eigenvalue weighted by Gasteiger charge is -2.17. The van der Waals surface area contributed by atoms with Crippen LogP contribution in [0.15, 0.2) is 43.0 Å². The van der Waals surface area contributed by atoms with Crippen molar-refractivity contribution in [3.05, 3.63) is 53.6 Å². The Bertz CT molecular complexity index is 525. The molecule has 23 heavy (non-hydrogen) atoms. The second-order valence-electron chi connectivity index (χ2n) is 5.91. The maximum Gasteiger partial charge on any atom is 0.0945 e. The van der Waals surface area contributed by atoms with Crippen molar-refractivity contribution < 1.29 is 0 Å². The molecule has 0 saturated carbocycles. The second-order valence-corrected chi connectivity index (χ2v) is 7.66. The molecule has 126 valence electrons. The van der Waals surface area contributed by atoms with Crippen LogP contribution in [-0.4, -0.2) is 15.3 Å². The molecule has 0 saturated heterocycles. The van der Waals surface area contributed by atoms with Crippen molar-refractivity contribution in [1.82, 2.24) is 9.55 Å². The van der Waals surface area contributed by atoms with E-state index in [2.05, 4.69) is 40.4 Å². The summed E-state index contributed by atoms with van der Waals surface area (Å²) in [5, 5.41) is 1.34. The normalized spacial score (nSPS) is 12.4. The van der Waals surface area contributed by atoms with Gasteiger partial charge >= 0.3 is 0 Å². The largest absolute Gasteiger partial charge is 0.337 e. The van der Waals surface area contributed by atoms with Gasteiger partial charge in [0.25, 0.3) is 0 Å². The molecule has 1 aromatic heterocycles. The summed E-state index contributed by atoms with van der Waals surface area (Å²) < 4.78 is 2.16. The highest BCUT2D eigenvalue weighted by Gasteiger charge is 2.12. The highest BCUT2D eigenvalue weighted by molar-refractivity contribution is 7.99. The van der Waals surface area contributed by atoms with Crippen LogP contribution in [0.5, 0.6) is 0 Å². The first-order valence-corrected chi connectivity index (χ1v) is 10.0. The number of aryl methyl sites for hydroxylation is 1. The van der Waals surface area contributed by atoms with E-state index >= 15 is 0 Å². The van der Waals surface area contributed by atoms with E-state index in [9.17, 15) is 0 Å². The number of halogens is 1. The molecule has 0 N–H and O–H groups in total. The number of thioether (sulfide) groups is 1. The van der Waals surface area contributed by atoms with Crippen molar-refractivity contribution in [2.45, 2.75) is 57.2 Å². The summed E-state index contributed by atoms with van der Waals surface area (Å²) in [7, 11) is 0. The SMILES string of the molecule is CCCCCCCSC(CCn1ccnc1)c1ccc(Cl)cc1. The number of aromatic nitrogens is 2. The van der Waals surface area contributed by atoms with Gasteiger partial charge in [-0.2, -0.15) is 11.8 Å². The molecule has 2 nitrogen and oxygen atoms in total. The van der Waals surface area contributed by atoms with Crippen molar-refractivity contribution in [3.63, 3.8) is 0 Å². The van der Waals surface area contributed by atoms with E-state index in [0.29, 0.717) is 5.25 Å². The lowest BCUT2D eigenvalue weighted by molar-refractivity contribution is 0.632. The molecule has 4 heteroatoms. The van der Waals surface area contributed by atoms with Crippen LogP contribution in [-0.2, 0) is 6.54 Å². The number of unbranched alkanes of at least 4 members (excludes halogenated alkanes) is 4. The molecular formula is C19H27ClN2S. The summed E-state index contributed by atoms with van der Waals surface area (Å²) in [6, 6.07) is 8.35. The smallest absolute Gasteiger partial charge is 0.0945 e. The zero-order valence-electron chi connectivity index (χ0n) is 14.0. The van der Waals surface area contributed by atoms with Gasteiger partial charge in [-0.1, -0.05) is 56.3 Å². The lowest BCUT2D eigenvalue weighted by Crippen LogP contribution is -2.02. The van der Waals surface area contributed by atoms with Crippen LogP contribution in [0, 0.1) is 0 Å². The van der Waals surface area contributed by atoms with Crippen LogP contribution in [0.25, 0.3) is 0 Å². The Morgan fingerprint density at radius 3 is 2.61 bits per heavy atom. The van der Waals surface area contributed by atoms with Crippen LogP contribution in [0.3, 0.4) is 0 Å². The average molecular weight is 351 g/mol. The highest BCUT2D eigenvalue weighted by atomic mass is 35.5. The minimum atomic E-state index is 0.529. The fourth-order valence-electron chi connectivity index (χ4n) is 2.64. The molecule has 0 fully saturated rings. The van der Waals surface area contributed by atoms with Crippen molar-refractivity contribution in [3.8, 4) is 0 Å². The predicted molar refractivity (Wildman–Crippen MR) is 102 cm³/mol. The van der Waals surface area contributed by atoms with Crippen LogP contribution in [0.1, 0.15) is 56.3 Å². The van der Waals surface area contributed by atoms with Crippen LogP contribution in [0.4, 0.5) is 0 Å². The first-order valence-electron chi connectivity index (χ1n) is 8.62. The monoisotopic (exact) mass is 350 g/mol. The maximum absolute atomic E-state index is 6.03. The summed E-state index contributed by atoms with van der Waals surface area (Å²) in [4.78, 5) is 4.13. The molecule has 1 aromatic carbocycles. The van der Waals surface area contributed by atoms with Gasteiger partial charge in [0, 0.05) is 29.2 Å². The van der Waals surface area contributed by atoms with Gasteiger partial charge in [0.1, 0.15) is 0 Å². The minimum absolute atomic E-state index is 0.529. The molecule has 0 spiro atoms. The number of hydrogen-bond acceptors (Lipinski definition) is 2. The fraction of sp³-hybridized carbons (Fsp3) is 0.526. The molecule has 0 amide bonds. The lowest BCUT2D eigenvalue weighted by atomic mass is 10.1. The quantitative estimate of drug-likeness (QED) is 0.438. The number of rotatable bonds is 11. The van der Waals surface area contributed by atoms with E-state index in [1.807, 2.05) is 30.9 Å². The third-order valence-corrected chi connectivity index (χ3v) is 5.70. The van der Waals surface area contributed by atoms with Gasteiger partial charge in [0.15, 0.2) is 0 Å². The van der Waals surface area contributed by atoms with E-state index in [1.165, 1.54) is 43.4 Å². The maximum atomic E-state index is 6.03. The molecule has 0 bridgehead atoms. The summed E-state index contributed by atoms with van der Waals surface area (Å²) in [5.41, 5.74) is 1.38. The minimum Gasteiger partial charge on any atom is -0.337 e. The Kier molecular flexibility index (Phi) is 8.62. The van der Waals surface area contributed by atoms with Gasteiger partial charge in [-0.05, 0) is 36.3 Å². The summed E-state index contributed by atoms with van der Waals surface area (Å²) >= 11 is 8.11. The Morgan fingerprint density at radius 1 is 1.13 bits per heavy atom. The molecule has 1 unspecified atom stereocenters. The number of hydrogen-bond donors (Lipinski definition) is 0. The van der Waals surface area contributed by atoms with Gasteiger partial charge < -0.3 is 4.57 Å². The molecule has 1 heterocycles. The molecule has 0 aliphatic heterocycles. The van der Waals surface area contributed by atoms with E-state index in [4.69, 9.17) is 11.6 Å². The van der Waals surface area contributed by atoms with Gasteiger partial charge in [0.2, 0.25) is 0 Å². The van der Waals surface area contributed by atoms with Crippen molar-refractivity contribution in [2.75, 3.05) is 5.75 Å². The van der Waals surface area contributed by atoms with Crippen molar-refractivity contribution >= 4 is 23.4 Å². The average Bonchev–Trinajstić information content (AvgIpc) is 3.08. The van der Waals surface area contributed by atoms with Crippen LogP contribution in [0.2, 0.25) is 5.02 Å². The molecule has 0 radical (unpaired) electrons. The van der Waals surface area contributed by atoms with Crippen LogP contribution >= 0.6 is 23.4 Å². The number of imidazole rings is 1. The van der Waals surface area contributed by atoms with E-state index in [0.717, 1.165) is 18.0 Å². The molecule has 2 rings (SSSR count). The zero-order valence-corrected chi connectivity index (χ0v) is 15.5. The van der Waals surface area contributed by atoms with E-state index in [-0.39, 0.29) is 0 Å². The predicted octanol–water partition coefficient (Wildman–Crippen LogP) is 6.37. The summed E-state index contributed by atoms with van der Waals surface area (Å²) in [6.07, 6.45) is 13.6. The molecule has 2 aromatic rings. The first kappa shape index (κ1) is 18.4. The Balaban J connectivity index is 1.84. The number of benzene rings is 1. The summed E-state index contributed by atoms with van der Waals surface area (Å²) in [5.74, 6) is 1.24. The van der Waals surface area contributed by atoms with Gasteiger partial charge in [-0.3, -0.25) is 0 Å². The van der Waals surface area contributed by atoms with Crippen LogP contribution < -0.4 is 0 Å². The van der Waals surface area contributed by atoms with Gasteiger partial charge in [-0.25, -0.2) is 4.98 Å². The zero-order chi connectivity index (χ0) is 16.3. The summed E-state index contributed by atoms with van der Waals surface area (Å²) in [6.45, 7) is 3.28. The molecule has 1 atom stereocenters. The van der Waals surface area contributed by atoms with E-state index < -0.39 is 0 Å². The molecule has 0 aliphatic carbocycles. The number of nitrogens with zero attached hydrogens (tertiary/aromatic N) is 2. The topological polar surface area (TPSA) is 17.8 Å². The molecule has 0 aliphatic rings. The van der Waals surface area contributed by atoms with Gasteiger partial charge in [-0.15, -0.1) is 0 Å². The fourth-order valence-corrected chi connectivity index (χ4v) is 4.04. The first-order chi connectivity index (χ1) is 11.3. The Labute approximate surface area is 149 Å². The second kappa shape index (κ2) is 10.8. The van der Waals surface area contributed by atoms with E-state index in [1.54, 1.807) is 0 Å². The van der Waals surface area contributed by atoms with Crippen molar-refractivity contribution in [1.29, 1.82) is 0 Å².